The number of hydrogen-bond acceptors (Lipinski definition) is 2. The van der Waals surface area contributed by atoms with Crippen molar-refractivity contribution < 1.29 is 0 Å². The molecule has 13 heavy (non-hydrogen) atoms. The van der Waals surface area contributed by atoms with E-state index in [1.165, 1.54) is 26.1 Å². The highest BCUT2D eigenvalue weighted by Crippen LogP contribution is 2.18. The average Bonchev–Trinajstić information content (AvgIpc) is 2.52. The molecule has 2 atom stereocenters. The van der Waals surface area contributed by atoms with Gasteiger partial charge in [-0.3, -0.25) is 0 Å². The summed E-state index contributed by atoms with van der Waals surface area (Å²) in [5, 5.41) is 0. The fraction of sp³-hybridized carbons (Fsp3) is 1.00. The molecule has 0 aromatic heterocycles. The fourth-order valence-corrected chi connectivity index (χ4v) is 1.89. The lowest BCUT2D eigenvalue weighted by molar-refractivity contribution is 0.244. The van der Waals surface area contributed by atoms with Gasteiger partial charge in [-0.05, 0) is 37.3 Å². The van der Waals surface area contributed by atoms with Gasteiger partial charge in [0.15, 0.2) is 0 Å². The molecule has 0 amide bonds. The van der Waals surface area contributed by atoms with Crippen LogP contribution in [0.15, 0.2) is 0 Å². The highest BCUT2D eigenvalue weighted by molar-refractivity contribution is 4.77. The lowest BCUT2D eigenvalue weighted by Gasteiger charge is -2.23. The smallest absolute Gasteiger partial charge is 0.00223 e. The van der Waals surface area contributed by atoms with Crippen molar-refractivity contribution in [3.63, 3.8) is 0 Å². The van der Waals surface area contributed by atoms with Gasteiger partial charge in [-0.1, -0.05) is 20.8 Å². The van der Waals surface area contributed by atoms with Gasteiger partial charge in [0.1, 0.15) is 0 Å². The fourth-order valence-electron chi connectivity index (χ4n) is 1.89. The second-order valence-electron chi connectivity index (χ2n) is 4.87. The van der Waals surface area contributed by atoms with E-state index in [4.69, 9.17) is 5.73 Å². The Labute approximate surface area is 82.5 Å². The average molecular weight is 184 g/mol. The van der Waals surface area contributed by atoms with E-state index in [2.05, 4.69) is 25.7 Å². The van der Waals surface area contributed by atoms with Crippen molar-refractivity contribution in [3.8, 4) is 0 Å². The molecule has 0 aromatic rings. The van der Waals surface area contributed by atoms with Crippen LogP contribution in [0, 0.1) is 17.8 Å². The quantitative estimate of drug-likeness (QED) is 0.718. The van der Waals surface area contributed by atoms with Crippen LogP contribution in [0.4, 0.5) is 0 Å². The number of nitrogens with zero attached hydrogens (tertiary/aromatic N) is 1. The maximum Gasteiger partial charge on any atom is 0.00223 e. The molecule has 2 unspecified atom stereocenters. The van der Waals surface area contributed by atoms with Crippen LogP contribution in [0.25, 0.3) is 0 Å². The third-order valence-electron chi connectivity index (χ3n) is 3.39. The molecule has 0 bridgehead atoms. The lowest BCUT2D eigenvalue weighted by Crippen LogP contribution is -2.29. The van der Waals surface area contributed by atoms with Crippen molar-refractivity contribution in [2.45, 2.75) is 27.2 Å². The summed E-state index contributed by atoms with van der Waals surface area (Å²) in [6.07, 6.45) is 1.31. The van der Waals surface area contributed by atoms with Gasteiger partial charge in [-0.2, -0.15) is 0 Å². The Morgan fingerprint density at radius 3 is 2.54 bits per heavy atom. The summed E-state index contributed by atoms with van der Waals surface area (Å²) in [6, 6.07) is 0. The molecule has 0 aliphatic carbocycles. The van der Waals surface area contributed by atoms with E-state index in [-0.39, 0.29) is 0 Å². The molecule has 1 aliphatic rings. The van der Waals surface area contributed by atoms with Gasteiger partial charge in [0.25, 0.3) is 0 Å². The summed E-state index contributed by atoms with van der Waals surface area (Å²) < 4.78 is 0. The Morgan fingerprint density at radius 1 is 1.38 bits per heavy atom. The molecule has 0 aromatic carbocycles. The molecule has 2 heteroatoms. The Balaban J connectivity index is 2.23. The van der Waals surface area contributed by atoms with Crippen molar-refractivity contribution >= 4 is 0 Å². The summed E-state index contributed by atoms with van der Waals surface area (Å²) in [5.74, 6) is 2.38. The summed E-state index contributed by atoms with van der Waals surface area (Å²) >= 11 is 0. The lowest BCUT2D eigenvalue weighted by atomic mass is 9.98. The van der Waals surface area contributed by atoms with Crippen LogP contribution < -0.4 is 5.73 Å². The molecule has 0 radical (unpaired) electrons. The Hall–Kier alpha value is -0.0800. The summed E-state index contributed by atoms with van der Waals surface area (Å²) in [7, 11) is 0. The van der Waals surface area contributed by atoms with E-state index >= 15 is 0 Å². The van der Waals surface area contributed by atoms with Crippen LogP contribution in [-0.2, 0) is 0 Å². The van der Waals surface area contributed by atoms with Crippen molar-refractivity contribution in [2.75, 3.05) is 26.2 Å². The first-order chi connectivity index (χ1) is 6.13. The minimum absolute atomic E-state index is 0.763. The molecule has 0 spiro atoms. The van der Waals surface area contributed by atoms with Crippen LogP contribution in [0.3, 0.4) is 0 Å². The molecule has 1 rings (SSSR count). The van der Waals surface area contributed by atoms with E-state index in [1.54, 1.807) is 0 Å². The minimum Gasteiger partial charge on any atom is -0.330 e. The number of hydrogen-bond donors (Lipinski definition) is 1. The zero-order chi connectivity index (χ0) is 9.84. The summed E-state index contributed by atoms with van der Waals surface area (Å²) in [5.41, 5.74) is 5.66. The monoisotopic (exact) mass is 184 g/mol. The van der Waals surface area contributed by atoms with E-state index < -0.39 is 0 Å². The predicted octanol–water partition coefficient (Wildman–Crippen LogP) is 1.56. The first-order valence-electron chi connectivity index (χ1n) is 5.56. The molecular weight excluding hydrogens is 160 g/mol. The second-order valence-corrected chi connectivity index (χ2v) is 4.87. The number of likely N-dealkylation sites (tertiary alicyclic amines) is 1. The van der Waals surface area contributed by atoms with Gasteiger partial charge in [0.05, 0.1) is 0 Å². The predicted molar refractivity (Wildman–Crippen MR) is 57.6 cm³/mol. The molecular formula is C11H24N2. The largest absolute Gasteiger partial charge is 0.330 e. The van der Waals surface area contributed by atoms with Gasteiger partial charge in [-0.15, -0.1) is 0 Å². The Bertz CT molecular complexity index is 145. The highest BCUT2D eigenvalue weighted by Gasteiger charge is 2.22. The van der Waals surface area contributed by atoms with Crippen molar-refractivity contribution in [1.82, 2.24) is 4.90 Å². The molecule has 1 aliphatic heterocycles. The summed E-state index contributed by atoms with van der Waals surface area (Å²) in [4.78, 5) is 2.57. The molecule has 1 saturated heterocycles. The normalized spacial score (nSPS) is 27.0. The van der Waals surface area contributed by atoms with Crippen LogP contribution >= 0.6 is 0 Å². The first-order valence-corrected chi connectivity index (χ1v) is 5.56. The van der Waals surface area contributed by atoms with Gasteiger partial charge in [-0.25, -0.2) is 0 Å². The van der Waals surface area contributed by atoms with Crippen LogP contribution in [0.1, 0.15) is 27.2 Å². The van der Waals surface area contributed by atoms with Crippen LogP contribution in [0.2, 0.25) is 0 Å². The molecule has 0 saturated carbocycles. The zero-order valence-electron chi connectivity index (χ0n) is 9.29. The topological polar surface area (TPSA) is 29.3 Å². The second kappa shape index (κ2) is 4.97. The maximum atomic E-state index is 5.66. The molecule has 1 fully saturated rings. The Kier molecular flexibility index (Phi) is 4.20. The van der Waals surface area contributed by atoms with E-state index in [0.29, 0.717) is 0 Å². The molecule has 78 valence electrons. The van der Waals surface area contributed by atoms with Crippen LogP contribution in [0.5, 0.6) is 0 Å². The van der Waals surface area contributed by atoms with Crippen molar-refractivity contribution in [3.05, 3.63) is 0 Å². The van der Waals surface area contributed by atoms with E-state index in [1.807, 2.05) is 0 Å². The van der Waals surface area contributed by atoms with Gasteiger partial charge in [0.2, 0.25) is 0 Å². The summed E-state index contributed by atoms with van der Waals surface area (Å²) in [6.45, 7) is 11.6. The zero-order valence-corrected chi connectivity index (χ0v) is 9.29. The highest BCUT2D eigenvalue weighted by atomic mass is 15.1. The molecule has 1 heterocycles. The number of nitrogens with two attached hydrogens (primary N) is 1. The molecule has 2 nitrogen and oxygen atoms in total. The maximum absolute atomic E-state index is 5.66. The third kappa shape index (κ3) is 3.28. The van der Waals surface area contributed by atoms with Gasteiger partial charge < -0.3 is 10.6 Å². The minimum atomic E-state index is 0.763. The number of rotatable bonds is 4. The van der Waals surface area contributed by atoms with Gasteiger partial charge >= 0.3 is 0 Å². The van der Waals surface area contributed by atoms with Crippen molar-refractivity contribution in [1.29, 1.82) is 0 Å². The third-order valence-corrected chi connectivity index (χ3v) is 3.39. The van der Waals surface area contributed by atoms with Gasteiger partial charge in [0, 0.05) is 13.1 Å². The SMILES string of the molecule is CC(C)C(C)CN1CCC(CN)C1. The molecule has 2 N–H and O–H groups in total. The van der Waals surface area contributed by atoms with Crippen molar-refractivity contribution in [2.24, 2.45) is 23.5 Å². The van der Waals surface area contributed by atoms with E-state index in [9.17, 15) is 0 Å². The standard InChI is InChI=1S/C11H24N2/c1-9(2)10(3)7-13-5-4-11(6-12)8-13/h9-11H,4-8,12H2,1-3H3. The van der Waals surface area contributed by atoms with Crippen LogP contribution in [-0.4, -0.2) is 31.1 Å². The van der Waals surface area contributed by atoms with E-state index in [0.717, 1.165) is 24.3 Å². The Morgan fingerprint density at radius 2 is 2.08 bits per heavy atom. The first kappa shape index (κ1) is 11.0.